The molecule has 0 heterocycles. The van der Waals surface area contributed by atoms with Crippen LogP contribution in [0.25, 0.3) is 0 Å². The second-order valence-corrected chi connectivity index (χ2v) is 5.16. The van der Waals surface area contributed by atoms with E-state index in [1.807, 2.05) is 0 Å². The molecule has 2 rings (SSSR count). The minimum absolute atomic E-state index is 0.00355. The topological polar surface area (TPSA) is 91.2 Å². The molecule has 0 aliphatic rings. The monoisotopic (exact) mass is 364 g/mol. The van der Waals surface area contributed by atoms with E-state index >= 15 is 0 Å². The van der Waals surface area contributed by atoms with Crippen LogP contribution in [-0.4, -0.2) is 29.4 Å². The molecule has 22 heavy (non-hydrogen) atoms. The first-order valence-corrected chi connectivity index (χ1v) is 6.99. The van der Waals surface area contributed by atoms with Gasteiger partial charge in [-0.3, -0.25) is 4.79 Å². The number of phenols is 2. The van der Waals surface area contributed by atoms with Gasteiger partial charge in [-0.1, -0.05) is 6.07 Å². The number of ether oxygens (including phenoxy) is 1. The highest BCUT2D eigenvalue weighted by atomic mass is 79.9. The minimum atomic E-state index is -0.447. The van der Waals surface area contributed by atoms with Crippen molar-refractivity contribution in [2.45, 2.75) is 0 Å². The number of aromatic hydroxyl groups is 2. The Kier molecular flexibility index (Phi) is 5.00. The van der Waals surface area contributed by atoms with Crippen LogP contribution in [0.4, 0.5) is 0 Å². The summed E-state index contributed by atoms with van der Waals surface area (Å²) in [5.41, 5.74) is 3.26. The third-order valence-corrected chi connectivity index (χ3v) is 3.36. The molecule has 2 aromatic carbocycles. The Morgan fingerprint density at radius 1 is 1.32 bits per heavy atom. The smallest absolute Gasteiger partial charge is 0.271 e. The van der Waals surface area contributed by atoms with Crippen LogP contribution in [0.3, 0.4) is 0 Å². The summed E-state index contributed by atoms with van der Waals surface area (Å²) in [5.74, 6) is -0.167. The number of nitrogens with one attached hydrogen (secondary N) is 1. The van der Waals surface area contributed by atoms with E-state index in [1.54, 1.807) is 24.3 Å². The Morgan fingerprint density at radius 2 is 2.09 bits per heavy atom. The molecule has 0 saturated heterocycles. The van der Waals surface area contributed by atoms with E-state index in [1.165, 1.54) is 25.5 Å². The molecule has 0 aliphatic heterocycles. The summed E-state index contributed by atoms with van der Waals surface area (Å²) >= 11 is 3.20. The fourth-order valence-corrected chi connectivity index (χ4v) is 2.16. The zero-order chi connectivity index (χ0) is 16.1. The van der Waals surface area contributed by atoms with E-state index in [0.717, 1.165) is 0 Å². The third kappa shape index (κ3) is 3.76. The van der Waals surface area contributed by atoms with Gasteiger partial charge >= 0.3 is 0 Å². The van der Waals surface area contributed by atoms with Gasteiger partial charge in [-0.25, -0.2) is 5.43 Å². The van der Waals surface area contributed by atoms with Gasteiger partial charge in [0.15, 0.2) is 11.5 Å². The van der Waals surface area contributed by atoms with Crippen LogP contribution in [-0.2, 0) is 0 Å². The van der Waals surface area contributed by atoms with Gasteiger partial charge in [0.25, 0.3) is 5.91 Å². The summed E-state index contributed by atoms with van der Waals surface area (Å²) in [6.07, 6.45) is 1.41. The highest BCUT2D eigenvalue weighted by Crippen LogP contribution is 2.34. The van der Waals surface area contributed by atoms with Crippen molar-refractivity contribution in [1.29, 1.82) is 0 Å². The van der Waals surface area contributed by atoms with Crippen LogP contribution >= 0.6 is 15.9 Å². The van der Waals surface area contributed by atoms with Gasteiger partial charge in [0.1, 0.15) is 5.75 Å². The van der Waals surface area contributed by atoms with Crippen molar-refractivity contribution in [2.75, 3.05) is 7.11 Å². The number of methoxy groups -OCH3 is 1. The lowest BCUT2D eigenvalue weighted by Gasteiger charge is -2.06. The minimum Gasteiger partial charge on any atom is -0.508 e. The average molecular weight is 365 g/mol. The fourth-order valence-electron chi connectivity index (χ4n) is 1.70. The Hall–Kier alpha value is -2.54. The Bertz CT molecular complexity index is 731. The van der Waals surface area contributed by atoms with E-state index in [9.17, 15) is 15.0 Å². The Balaban J connectivity index is 2.10. The summed E-state index contributed by atoms with van der Waals surface area (Å²) in [6, 6.07) is 9.14. The quantitative estimate of drug-likeness (QED) is 0.574. The zero-order valence-electron chi connectivity index (χ0n) is 11.6. The number of hydrogen-bond acceptors (Lipinski definition) is 5. The molecule has 114 valence electrons. The van der Waals surface area contributed by atoms with Crippen LogP contribution in [0.2, 0.25) is 0 Å². The van der Waals surface area contributed by atoms with Crippen molar-refractivity contribution < 1.29 is 19.7 Å². The standard InChI is InChI=1S/C15H13BrN2O4/c1-22-13-6-9(5-12(16)14(13)20)8-17-18-15(21)10-3-2-4-11(19)7-10/h2-8,19-20H,1H3,(H,18,21)/b17-8-. The van der Waals surface area contributed by atoms with E-state index in [-0.39, 0.29) is 17.2 Å². The second-order valence-electron chi connectivity index (χ2n) is 4.30. The van der Waals surface area contributed by atoms with Gasteiger partial charge in [-0.15, -0.1) is 0 Å². The summed E-state index contributed by atoms with van der Waals surface area (Å²) in [5, 5.41) is 22.8. The van der Waals surface area contributed by atoms with E-state index < -0.39 is 5.91 Å². The zero-order valence-corrected chi connectivity index (χ0v) is 13.2. The number of hydrogen-bond donors (Lipinski definition) is 3. The molecule has 0 aliphatic carbocycles. The summed E-state index contributed by atoms with van der Waals surface area (Å²) < 4.78 is 5.47. The number of halogens is 1. The van der Waals surface area contributed by atoms with Crippen molar-refractivity contribution in [3.63, 3.8) is 0 Å². The maximum absolute atomic E-state index is 11.8. The summed E-state index contributed by atoms with van der Waals surface area (Å²) in [4.78, 5) is 11.8. The van der Waals surface area contributed by atoms with Crippen molar-refractivity contribution in [3.8, 4) is 17.2 Å². The Labute approximate surface area is 135 Å². The van der Waals surface area contributed by atoms with Gasteiger partial charge < -0.3 is 14.9 Å². The predicted octanol–water partition coefficient (Wildman–Crippen LogP) is 2.63. The molecule has 7 heteroatoms. The van der Waals surface area contributed by atoms with Gasteiger partial charge in [0, 0.05) is 5.56 Å². The molecule has 1 amide bonds. The molecule has 0 radical (unpaired) electrons. The van der Waals surface area contributed by atoms with E-state index in [0.29, 0.717) is 15.6 Å². The molecule has 0 atom stereocenters. The fraction of sp³-hybridized carbons (Fsp3) is 0.0667. The average Bonchev–Trinajstić information content (AvgIpc) is 2.50. The van der Waals surface area contributed by atoms with E-state index in [4.69, 9.17) is 4.74 Å². The summed E-state index contributed by atoms with van der Waals surface area (Å²) in [7, 11) is 1.44. The number of carbonyl (C=O) groups is 1. The van der Waals surface area contributed by atoms with Crippen LogP contribution in [0, 0.1) is 0 Å². The van der Waals surface area contributed by atoms with Crippen molar-refractivity contribution in [3.05, 3.63) is 52.0 Å². The normalized spacial score (nSPS) is 10.6. The molecule has 6 nitrogen and oxygen atoms in total. The maximum Gasteiger partial charge on any atom is 0.271 e. The largest absolute Gasteiger partial charge is 0.508 e. The van der Waals surface area contributed by atoms with Gasteiger partial charge in [0.2, 0.25) is 0 Å². The van der Waals surface area contributed by atoms with Gasteiger partial charge in [-0.2, -0.15) is 5.10 Å². The predicted molar refractivity (Wildman–Crippen MR) is 85.5 cm³/mol. The molecule has 0 unspecified atom stereocenters. The number of carbonyl (C=O) groups excluding carboxylic acids is 1. The summed E-state index contributed by atoms with van der Waals surface area (Å²) in [6.45, 7) is 0. The lowest BCUT2D eigenvalue weighted by Crippen LogP contribution is -2.17. The molecule has 0 bridgehead atoms. The molecule has 0 aromatic heterocycles. The lowest BCUT2D eigenvalue weighted by atomic mass is 10.2. The number of amides is 1. The number of phenolic OH excluding ortho intramolecular Hbond substituents is 2. The molecular weight excluding hydrogens is 352 g/mol. The third-order valence-electron chi connectivity index (χ3n) is 2.76. The highest BCUT2D eigenvalue weighted by molar-refractivity contribution is 9.10. The number of nitrogens with zero attached hydrogens (tertiary/aromatic N) is 1. The van der Waals surface area contributed by atoms with Gasteiger partial charge in [-0.05, 0) is 51.8 Å². The van der Waals surface area contributed by atoms with Crippen LogP contribution in [0.1, 0.15) is 15.9 Å². The first kappa shape index (κ1) is 15.8. The number of hydrazone groups is 1. The molecule has 3 N–H and O–H groups in total. The van der Waals surface area contributed by atoms with Crippen LogP contribution in [0.15, 0.2) is 46.0 Å². The van der Waals surface area contributed by atoms with Crippen molar-refractivity contribution in [2.24, 2.45) is 5.10 Å². The van der Waals surface area contributed by atoms with Crippen molar-refractivity contribution >= 4 is 28.1 Å². The first-order valence-electron chi connectivity index (χ1n) is 6.20. The maximum atomic E-state index is 11.8. The lowest BCUT2D eigenvalue weighted by molar-refractivity contribution is 0.0954. The number of rotatable bonds is 4. The van der Waals surface area contributed by atoms with Crippen LogP contribution < -0.4 is 10.2 Å². The van der Waals surface area contributed by atoms with Gasteiger partial charge in [0.05, 0.1) is 17.8 Å². The molecule has 0 fully saturated rings. The first-order chi connectivity index (χ1) is 10.5. The van der Waals surface area contributed by atoms with Crippen LogP contribution in [0.5, 0.6) is 17.2 Å². The second kappa shape index (κ2) is 6.95. The van der Waals surface area contributed by atoms with Crippen molar-refractivity contribution in [1.82, 2.24) is 5.43 Å². The molecular formula is C15H13BrN2O4. The van der Waals surface area contributed by atoms with E-state index in [2.05, 4.69) is 26.5 Å². The highest BCUT2D eigenvalue weighted by Gasteiger charge is 2.08. The molecule has 0 saturated carbocycles. The number of benzene rings is 2. The molecule has 0 spiro atoms. The molecule has 2 aromatic rings. The SMILES string of the molecule is COc1cc(/C=N\NC(=O)c2cccc(O)c2)cc(Br)c1O. The Morgan fingerprint density at radius 3 is 2.77 bits per heavy atom.